The highest BCUT2D eigenvalue weighted by molar-refractivity contribution is 5.83. The molecular formula is C26H29N5O2. The van der Waals surface area contributed by atoms with E-state index < -0.39 is 0 Å². The smallest absolute Gasteiger partial charge is 0.139 e. The zero-order valence-corrected chi connectivity index (χ0v) is 18.6. The summed E-state index contributed by atoms with van der Waals surface area (Å²) in [7, 11) is 0. The number of hydrogen-bond donors (Lipinski definition) is 3. The van der Waals surface area contributed by atoms with Gasteiger partial charge >= 0.3 is 0 Å². The van der Waals surface area contributed by atoms with Gasteiger partial charge in [-0.1, -0.05) is 54.1 Å². The van der Waals surface area contributed by atoms with Crippen LogP contribution in [0, 0.1) is 0 Å². The summed E-state index contributed by atoms with van der Waals surface area (Å²) >= 11 is 0. The largest absolute Gasteiger partial charge is 0.490 e. The van der Waals surface area contributed by atoms with Crippen LogP contribution in [0.15, 0.2) is 102 Å². The molecule has 0 spiro atoms. The SMILES string of the molecule is C\C(=C/C=C\C=C\COc1ccc(OCc2ccc3ccccc3n2)cc1)CC(=NN)NN. The van der Waals surface area contributed by atoms with Crippen LogP contribution in [0.25, 0.3) is 10.9 Å². The van der Waals surface area contributed by atoms with Crippen molar-refractivity contribution in [1.82, 2.24) is 10.4 Å². The molecule has 0 amide bonds. The van der Waals surface area contributed by atoms with Crippen LogP contribution in [0.3, 0.4) is 0 Å². The van der Waals surface area contributed by atoms with Gasteiger partial charge in [-0.05, 0) is 49.4 Å². The number of hydrogen-bond acceptors (Lipinski definition) is 6. The molecule has 33 heavy (non-hydrogen) atoms. The third-order valence-electron chi connectivity index (χ3n) is 4.72. The Balaban J connectivity index is 1.40. The molecular weight excluding hydrogens is 414 g/mol. The van der Waals surface area contributed by atoms with Crippen molar-refractivity contribution in [2.45, 2.75) is 20.0 Å². The summed E-state index contributed by atoms with van der Waals surface area (Å²) in [6, 6.07) is 19.6. The van der Waals surface area contributed by atoms with Gasteiger partial charge in [-0.25, -0.2) is 10.8 Å². The number of ether oxygens (including phenoxy) is 2. The molecule has 0 fully saturated rings. The zero-order chi connectivity index (χ0) is 23.3. The number of para-hydroxylation sites is 1. The van der Waals surface area contributed by atoms with Gasteiger partial charge in [-0.15, -0.1) is 0 Å². The molecule has 0 bridgehead atoms. The van der Waals surface area contributed by atoms with Crippen LogP contribution in [0.1, 0.15) is 19.0 Å². The number of nitrogens with one attached hydrogen (secondary N) is 1. The number of pyridine rings is 1. The van der Waals surface area contributed by atoms with E-state index in [9.17, 15) is 0 Å². The number of aromatic nitrogens is 1. The Bertz CT molecular complexity index is 1150. The average molecular weight is 444 g/mol. The van der Waals surface area contributed by atoms with Crippen LogP contribution in [-0.4, -0.2) is 17.4 Å². The standard InChI is InChI=1S/C26H29N5O2/c1-20(18-26(30-27)31-28)8-4-2-3-7-17-32-23-13-15-24(16-14-23)33-19-22-12-11-21-9-5-6-10-25(21)29-22/h2-16H,17-19,27-28H2,1H3,(H,30,31)/b4-2-,7-3+,20-8+. The lowest BCUT2D eigenvalue weighted by Crippen LogP contribution is -2.31. The minimum Gasteiger partial charge on any atom is -0.490 e. The number of rotatable bonds is 10. The van der Waals surface area contributed by atoms with E-state index in [0.29, 0.717) is 25.5 Å². The number of hydrazine groups is 1. The van der Waals surface area contributed by atoms with Gasteiger partial charge in [0.15, 0.2) is 0 Å². The number of fused-ring (bicyclic) bond motifs is 1. The van der Waals surface area contributed by atoms with E-state index in [1.807, 2.05) is 91.9 Å². The molecule has 170 valence electrons. The van der Waals surface area contributed by atoms with Crippen LogP contribution in [0.2, 0.25) is 0 Å². The molecule has 7 heteroatoms. The third-order valence-corrected chi connectivity index (χ3v) is 4.72. The van der Waals surface area contributed by atoms with Gasteiger partial charge in [-0.2, -0.15) is 5.10 Å². The minimum absolute atomic E-state index is 0.414. The van der Waals surface area contributed by atoms with E-state index in [2.05, 4.69) is 21.6 Å². The molecule has 3 aromatic rings. The van der Waals surface area contributed by atoms with Gasteiger partial charge < -0.3 is 20.7 Å². The van der Waals surface area contributed by atoms with E-state index in [1.54, 1.807) is 0 Å². The summed E-state index contributed by atoms with van der Waals surface area (Å²) in [5, 5.41) is 4.68. The normalized spacial score (nSPS) is 12.5. The number of nitrogens with two attached hydrogens (primary N) is 2. The van der Waals surface area contributed by atoms with Crippen molar-refractivity contribution in [2.24, 2.45) is 16.8 Å². The zero-order valence-electron chi connectivity index (χ0n) is 18.6. The molecule has 0 aliphatic carbocycles. The molecule has 0 atom stereocenters. The first-order chi connectivity index (χ1) is 16.2. The molecule has 1 heterocycles. The molecule has 2 aromatic carbocycles. The second-order valence-corrected chi connectivity index (χ2v) is 7.29. The second kappa shape index (κ2) is 12.7. The van der Waals surface area contributed by atoms with Gasteiger partial charge in [0.2, 0.25) is 0 Å². The highest BCUT2D eigenvalue weighted by atomic mass is 16.5. The quantitative estimate of drug-likeness (QED) is 0.141. The second-order valence-electron chi connectivity index (χ2n) is 7.29. The van der Waals surface area contributed by atoms with Crippen LogP contribution in [-0.2, 0) is 6.61 Å². The van der Waals surface area contributed by atoms with Crippen molar-refractivity contribution >= 4 is 16.7 Å². The van der Waals surface area contributed by atoms with E-state index in [1.165, 1.54) is 0 Å². The number of hydrazone groups is 1. The third kappa shape index (κ3) is 7.83. The monoisotopic (exact) mass is 443 g/mol. The molecule has 0 saturated heterocycles. The molecule has 0 saturated carbocycles. The van der Waals surface area contributed by atoms with Gasteiger partial charge in [0.25, 0.3) is 0 Å². The lowest BCUT2D eigenvalue weighted by Gasteiger charge is -2.08. The summed E-state index contributed by atoms with van der Waals surface area (Å²) in [5.41, 5.74) is 5.40. The van der Waals surface area contributed by atoms with Crippen molar-refractivity contribution in [3.63, 3.8) is 0 Å². The maximum absolute atomic E-state index is 5.85. The number of nitrogens with zero attached hydrogens (tertiary/aromatic N) is 2. The highest BCUT2D eigenvalue weighted by Gasteiger charge is 2.01. The lowest BCUT2D eigenvalue weighted by molar-refractivity contribution is 0.300. The van der Waals surface area contributed by atoms with Gasteiger partial charge in [0.1, 0.15) is 30.5 Å². The van der Waals surface area contributed by atoms with E-state index in [0.717, 1.165) is 33.7 Å². The average Bonchev–Trinajstić information content (AvgIpc) is 2.86. The first kappa shape index (κ1) is 23.6. The Morgan fingerprint density at radius 3 is 2.48 bits per heavy atom. The van der Waals surface area contributed by atoms with E-state index >= 15 is 0 Å². The van der Waals surface area contributed by atoms with Gasteiger partial charge in [0.05, 0.1) is 11.2 Å². The fourth-order valence-electron chi connectivity index (χ4n) is 3.00. The van der Waals surface area contributed by atoms with Crippen molar-refractivity contribution in [3.05, 3.63) is 102 Å². The Morgan fingerprint density at radius 1 is 0.970 bits per heavy atom. The summed E-state index contributed by atoms with van der Waals surface area (Å²) in [6.45, 7) is 2.86. The Morgan fingerprint density at radius 2 is 1.73 bits per heavy atom. The molecule has 0 unspecified atom stereocenters. The Kier molecular flexibility index (Phi) is 9.05. The first-order valence-corrected chi connectivity index (χ1v) is 10.6. The summed E-state index contributed by atoms with van der Waals surface area (Å²) in [4.78, 5) is 4.62. The van der Waals surface area contributed by atoms with Crippen LogP contribution < -0.4 is 26.6 Å². The Labute approximate surface area is 194 Å². The summed E-state index contributed by atoms with van der Waals surface area (Å²) < 4.78 is 11.6. The maximum Gasteiger partial charge on any atom is 0.139 e. The fourth-order valence-corrected chi connectivity index (χ4v) is 3.00. The summed E-state index contributed by atoms with van der Waals surface area (Å²) in [5.74, 6) is 12.6. The van der Waals surface area contributed by atoms with Crippen molar-refractivity contribution in [2.75, 3.05) is 6.61 Å². The minimum atomic E-state index is 0.414. The Hall–Kier alpha value is -4.10. The molecule has 7 nitrogen and oxygen atoms in total. The molecule has 1 aromatic heterocycles. The number of amidine groups is 1. The van der Waals surface area contributed by atoms with E-state index in [4.69, 9.17) is 21.2 Å². The topological polar surface area (TPSA) is 108 Å². The molecule has 0 aliphatic heterocycles. The highest BCUT2D eigenvalue weighted by Crippen LogP contribution is 2.19. The predicted octanol–water partition coefficient (Wildman–Crippen LogP) is 4.38. The first-order valence-electron chi connectivity index (χ1n) is 10.6. The lowest BCUT2D eigenvalue weighted by atomic mass is 10.2. The molecule has 5 N–H and O–H groups in total. The van der Waals surface area contributed by atoms with E-state index in [-0.39, 0.29) is 0 Å². The van der Waals surface area contributed by atoms with Crippen molar-refractivity contribution in [3.8, 4) is 11.5 Å². The number of allylic oxidation sites excluding steroid dienone is 4. The molecule has 0 aliphatic rings. The van der Waals surface area contributed by atoms with Crippen molar-refractivity contribution < 1.29 is 9.47 Å². The molecule has 3 rings (SSSR count). The van der Waals surface area contributed by atoms with Crippen LogP contribution in [0.5, 0.6) is 11.5 Å². The van der Waals surface area contributed by atoms with Crippen LogP contribution in [0.4, 0.5) is 0 Å². The van der Waals surface area contributed by atoms with Crippen LogP contribution >= 0.6 is 0 Å². The fraction of sp³-hybridized carbons (Fsp3) is 0.154. The van der Waals surface area contributed by atoms with Gasteiger partial charge in [-0.3, -0.25) is 0 Å². The van der Waals surface area contributed by atoms with Gasteiger partial charge in [0, 0.05) is 11.8 Å². The number of benzene rings is 2. The predicted molar refractivity (Wildman–Crippen MR) is 134 cm³/mol. The maximum atomic E-state index is 5.85. The molecule has 0 radical (unpaired) electrons. The van der Waals surface area contributed by atoms with Crippen molar-refractivity contribution in [1.29, 1.82) is 0 Å². The summed E-state index contributed by atoms with van der Waals surface area (Å²) in [6.07, 6.45) is 10.3.